The van der Waals surface area contributed by atoms with E-state index in [2.05, 4.69) is 0 Å². The summed E-state index contributed by atoms with van der Waals surface area (Å²) in [6.07, 6.45) is 0.909. The van der Waals surface area contributed by atoms with Gasteiger partial charge < -0.3 is 10.2 Å². The van der Waals surface area contributed by atoms with E-state index in [0.717, 1.165) is 18.5 Å². The summed E-state index contributed by atoms with van der Waals surface area (Å²) in [7, 11) is 0. The first-order valence-corrected chi connectivity index (χ1v) is 5.34. The van der Waals surface area contributed by atoms with E-state index in [1.807, 2.05) is 17.9 Å². The van der Waals surface area contributed by atoms with Gasteiger partial charge in [-0.2, -0.15) is 0 Å². The number of carbonyl (C=O) groups is 1. The fourth-order valence-electron chi connectivity index (χ4n) is 1.63. The summed E-state index contributed by atoms with van der Waals surface area (Å²) in [6.45, 7) is 3.33. The minimum atomic E-state index is -0.825. The van der Waals surface area contributed by atoms with Crippen LogP contribution >= 0.6 is 0 Å². The fraction of sp³-hybridized carbons (Fsp3) is 0.417. The number of benzene rings is 1. The molecule has 0 radical (unpaired) electrons. The average molecular weight is 223 g/mol. The molecule has 0 bridgehead atoms. The van der Waals surface area contributed by atoms with E-state index < -0.39 is 5.97 Å². The van der Waals surface area contributed by atoms with Crippen LogP contribution in [0.3, 0.4) is 0 Å². The van der Waals surface area contributed by atoms with Gasteiger partial charge in [-0.3, -0.25) is 9.69 Å². The van der Waals surface area contributed by atoms with Crippen molar-refractivity contribution in [3.8, 4) is 5.75 Å². The topological polar surface area (TPSA) is 60.8 Å². The first kappa shape index (κ1) is 12.5. The lowest BCUT2D eigenvalue weighted by atomic mass is 10.2. The van der Waals surface area contributed by atoms with Crippen molar-refractivity contribution >= 4 is 5.97 Å². The van der Waals surface area contributed by atoms with Crippen LogP contribution < -0.4 is 0 Å². The molecular weight excluding hydrogens is 206 g/mol. The predicted octanol–water partition coefficient (Wildman–Crippen LogP) is 1.69. The van der Waals surface area contributed by atoms with Crippen molar-refractivity contribution in [2.75, 3.05) is 13.1 Å². The third kappa shape index (κ3) is 4.31. The molecule has 0 spiro atoms. The molecule has 0 aliphatic rings. The van der Waals surface area contributed by atoms with E-state index in [1.54, 1.807) is 18.2 Å². The molecule has 1 aromatic carbocycles. The van der Waals surface area contributed by atoms with Crippen LogP contribution in [0.2, 0.25) is 0 Å². The first-order valence-electron chi connectivity index (χ1n) is 5.34. The molecule has 4 nitrogen and oxygen atoms in total. The summed E-state index contributed by atoms with van der Waals surface area (Å²) in [5.41, 5.74) is 0.926. The number of carboxylic acids is 1. The molecule has 88 valence electrons. The zero-order valence-corrected chi connectivity index (χ0v) is 9.39. The normalized spacial score (nSPS) is 10.6. The van der Waals surface area contributed by atoms with E-state index in [4.69, 9.17) is 5.11 Å². The number of aliphatic carboxylic acids is 1. The molecule has 0 aliphatic carbocycles. The molecule has 0 fully saturated rings. The number of phenols is 1. The number of hydrogen-bond acceptors (Lipinski definition) is 3. The Hall–Kier alpha value is -1.55. The molecule has 0 amide bonds. The quantitative estimate of drug-likeness (QED) is 0.770. The molecule has 0 unspecified atom stereocenters. The summed E-state index contributed by atoms with van der Waals surface area (Å²) in [5.74, 6) is -0.613. The van der Waals surface area contributed by atoms with Crippen molar-refractivity contribution in [1.29, 1.82) is 0 Å². The van der Waals surface area contributed by atoms with Crippen LogP contribution in [-0.4, -0.2) is 34.2 Å². The Bertz CT molecular complexity index is 352. The molecule has 16 heavy (non-hydrogen) atoms. The van der Waals surface area contributed by atoms with Gasteiger partial charge in [0.25, 0.3) is 0 Å². The van der Waals surface area contributed by atoms with Gasteiger partial charge in [0.05, 0.1) is 6.54 Å². The van der Waals surface area contributed by atoms with Gasteiger partial charge in [0, 0.05) is 6.54 Å². The average Bonchev–Trinajstić information content (AvgIpc) is 2.16. The lowest BCUT2D eigenvalue weighted by molar-refractivity contribution is -0.138. The molecule has 0 atom stereocenters. The predicted molar refractivity (Wildman–Crippen MR) is 61.3 cm³/mol. The third-order valence-corrected chi connectivity index (χ3v) is 2.22. The second kappa shape index (κ2) is 6.12. The second-order valence-electron chi connectivity index (χ2n) is 3.77. The lowest BCUT2D eigenvalue weighted by Crippen LogP contribution is -2.30. The first-order chi connectivity index (χ1) is 7.61. The van der Waals surface area contributed by atoms with Gasteiger partial charge in [-0.15, -0.1) is 0 Å². The molecule has 0 aromatic heterocycles. The third-order valence-electron chi connectivity index (χ3n) is 2.22. The zero-order chi connectivity index (χ0) is 12.0. The molecule has 4 heteroatoms. The van der Waals surface area contributed by atoms with Crippen LogP contribution in [0.5, 0.6) is 5.75 Å². The van der Waals surface area contributed by atoms with Crippen molar-refractivity contribution in [2.45, 2.75) is 19.9 Å². The summed E-state index contributed by atoms with van der Waals surface area (Å²) in [5, 5.41) is 18.1. The Kier molecular flexibility index (Phi) is 4.79. The van der Waals surface area contributed by atoms with E-state index >= 15 is 0 Å². The molecule has 1 aromatic rings. The zero-order valence-electron chi connectivity index (χ0n) is 9.39. The van der Waals surface area contributed by atoms with Gasteiger partial charge in [0.1, 0.15) is 5.75 Å². The molecule has 1 rings (SSSR count). The van der Waals surface area contributed by atoms with E-state index in [-0.39, 0.29) is 12.3 Å². The molecule has 2 N–H and O–H groups in total. The van der Waals surface area contributed by atoms with Crippen molar-refractivity contribution in [1.82, 2.24) is 4.90 Å². The molecule has 0 heterocycles. The monoisotopic (exact) mass is 223 g/mol. The maximum atomic E-state index is 10.7. The number of aromatic hydroxyl groups is 1. The smallest absolute Gasteiger partial charge is 0.317 e. The highest BCUT2D eigenvalue weighted by atomic mass is 16.4. The summed E-state index contributed by atoms with van der Waals surface area (Å²) >= 11 is 0. The van der Waals surface area contributed by atoms with Gasteiger partial charge in [0.15, 0.2) is 0 Å². The Morgan fingerprint density at radius 1 is 1.44 bits per heavy atom. The van der Waals surface area contributed by atoms with Crippen LogP contribution in [0.25, 0.3) is 0 Å². The molecular formula is C12H17NO3. The highest BCUT2D eigenvalue weighted by Gasteiger charge is 2.09. The summed E-state index contributed by atoms with van der Waals surface area (Å²) in [4.78, 5) is 12.5. The van der Waals surface area contributed by atoms with Crippen LogP contribution in [0.4, 0.5) is 0 Å². The molecule has 0 saturated carbocycles. The summed E-state index contributed by atoms with van der Waals surface area (Å²) < 4.78 is 0. The SMILES string of the molecule is CCCN(CC(=O)O)Cc1cccc(O)c1. The Morgan fingerprint density at radius 2 is 2.19 bits per heavy atom. The fourth-order valence-corrected chi connectivity index (χ4v) is 1.63. The van der Waals surface area contributed by atoms with Gasteiger partial charge in [-0.05, 0) is 30.7 Å². The van der Waals surface area contributed by atoms with Crippen molar-refractivity contribution in [3.05, 3.63) is 29.8 Å². The minimum absolute atomic E-state index is 0.0312. The van der Waals surface area contributed by atoms with E-state index in [0.29, 0.717) is 6.54 Å². The Labute approximate surface area is 95.1 Å². The highest BCUT2D eigenvalue weighted by Crippen LogP contribution is 2.13. The van der Waals surface area contributed by atoms with E-state index in [1.165, 1.54) is 0 Å². The highest BCUT2D eigenvalue weighted by molar-refractivity contribution is 5.69. The standard InChI is InChI=1S/C12H17NO3/c1-2-6-13(9-12(15)16)8-10-4-3-5-11(14)7-10/h3-5,7,14H,2,6,8-9H2,1H3,(H,15,16). The lowest BCUT2D eigenvalue weighted by Gasteiger charge is -2.19. The Morgan fingerprint density at radius 3 is 2.75 bits per heavy atom. The van der Waals surface area contributed by atoms with Gasteiger partial charge in [0.2, 0.25) is 0 Å². The number of rotatable bonds is 6. The number of hydrogen-bond donors (Lipinski definition) is 2. The number of phenolic OH excluding ortho intramolecular Hbond substituents is 1. The number of nitrogens with zero attached hydrogens (tertiary/aromatic N) is 1. The maximum Gasteiger partial charge on any atom is 0.317 e. The van der Waals surface area contributed by atoms with Crippen LogP contribution in [0, 0.1) is 0 Å². The van der Waals surface area contributed by atoms with Gasteiger partial charge in [-0.25, -0.2) is 0 Å². The van der Waals surface area contributed by atoms with Crippen molar-refractivity contribution in [3.63, 3.8) is 0 Å². The van der Waals surface area contributed by atoms with E-state index in [9.17, 15) is 9.90 Å². The van der Waals surface area contributed by atoms with Crippen LogP contribution in [0.1, 0.15) is 18.9 Å². The molecule has 0 saturated heterocycles. The van der Waals surface area contributed by atoms with Crippen LogP contribution in [-0.2, 0) is 11.3 Å². The maximum absolute atomic E-state index is 10.7. The van der Waals surface area contributed by atoms with Gasteiger partial charge in [-0.1, -0.05) is 19.1 Å². The minimum Gasteiger partial charge on any atom is -0.508 e. The largest absolute Gasteiger partial charge is 0.508 e. The van der Waals surface area contributed by atoms with Crippen molar-refractivity contribution < 1.29 is 15.0 Å². The molecule has 0 aliphatic heterocycles. The Balaban J connectivity index is 2.63. The van der Waals surface area contributed by atoms with Gasteiger partial charge >= 0.3 is 5.97 Å². The number of carboxylic acid groups (broad SMARTS) is 1. The second-order valence-corrected chi connectivity index (χ2v) is 3.77. The summed E-state index contributed by atoms with van der Waals surface area (Å²) in [6, 6.07) is 6.90. The van der Waals surface area contributed by atoms with Crippen LogP contribution in [0.15, 0.2) is 24.3 Å². The van der Waals surface area contributed by atoms with Crippen molar-refractivity contribution in [2.24, 2.45) is 0 Å².